The molecule has 0 aromatic carbocycles. The SMILES string of the molecule is CCCS(=O)(=O)N1CCCCC1C(=O)NCc1cccnc1-n1cccn1. The summed E-state index contributed by atoms with van der Waals surface area (Å²) in [7, 11) is -3.41. The Morgan fingerprint density at radius 2 is 2.15 bits per heavy atom. The first-order valence-corrected chi connectivity index (χ1v) is 10.8. The van der Waals surface area contributed by atoms with Crippen molar-refractivity contribution in [2.75, 3.05) is 12.3 Å². The molecule has 1 N–H and O–H groups in total. The Labute approximate surface area is 159 Å². The molecule has 1 aliphatic rings. The van der Waals surface area contributed by atoms with Crippen molar-refractivity contribution < 1.29 is 13.2 Å². The Bertz CT molecular complexity index is 867. The number of aromatic nitrogens is 3. The lowest BCUT2D eigenvalue weighted by Gasteiger charge is -2.33. The lowest BCUT2D eigenvalue weighted by atomic mass is 10.0. The van der Waals surface area contributed by atoms with Crippen LogP contribution in [0.1, 0.15) is 38.2 Å². The lowest BCUT2D eigenvalue weighted by Crippen LogP contribution is -2.52. The van der Waals surface area contributed by atoms with Crippen molar-refractivity contribution >= 4 is 15.9 Å². The molecule has 3 rings (SSSR count). The van der Waals surface area contributed by atoms with Crippen molar-refractivity contribution in [2.45, 2.75) is 45.2 Å². The van der Waals surface area contributed by atoms with E-state index in [4.69, 9.17) is 0 Å². The van der Waals surface area contributed by atoms with E-state index in [9.17, 15) is 13.2 Å². The van der Waals surface area contributed by atoms with Gasteiger partial charge in [-0.2, -0.15) is 9.40 Å². The summed E-state index contributed by atoms with van der Waals surface area (Å²) in [5.74, 6) is 0.453. The van der Waals surface area contributed by atoms with Crippen LogP contribution in [0.5, 0.6) is 0 Å². The maximum atomic E-state index is 12.8. The second-order valence-electron chi connectivity index (χ2n) is 6.59. The van der Waals surface area contributed by atoms with Crippen LogP contribution in [0.2, 0.25) is 0 Å². The smallest absolute Gasteiger partial charge is 0.238 e. The van der Waals surface area contributed by atoms with Gasteiger partial charge in [0.25, 0.3) is 0 Å². The normalized spacial score (nSPS) is 18.3. The van der Waals surface area contributed by atoms with Crippen LogP contribution in [0, 0.1) is 0 Å². The van der Waals surface area contributed by atoms with E-state index >= 15 is 0 Å². The fourth-order valence-electron chi connectivity index (χ4n) is 3.34. The van der Waals surface area contributed by atoms with E-state index in [2.05, 4.69) is 15.4 Å². The van der Waals surface area contributed by atoms with E-state index in [1.807, 2.05) is 13.0 Å². The highest BCUT2D eigenvalue weighted by molar-refractivity contribution is 7.89. The molecule has 3 heterocycles. The predicted molar refractivity (Wildman–Crippen MR) is 102 cm³/mol. The molecule has 0 saturated carbocycles. The van der Waals surface area contributed by atoms with Crippen molar-refractivity contribution in [1.82, 2.24) is 24.4 Å². The minimum Gasteiger partial charge on any atom is -0.350 e. The summed E-state index contributed by atoms with van der Waals surface area (Å²) >= 11 is 0. The number of carbonyl (C=O) groups is 1. The average molecular weight is 391 g/mol. The van der Waals surface area contributed by atoms with E-state index < -0.39 is 16.1 Å². The molecule has 1 unspecified atom stereocenters. The molecule has 0 spiro atoms. The Balaban J connectivity index is 1.72. The number of rotatable bonds is 7. The number of hydrogen-bond donors (Lipinski definition) is 1. The Morgan fingerprint density at radius 1 is 1.30 bits per heavy atom. The van der Waals surface area contributed by atoms with Crippen molar-refractivity contribution in [3.05, 3.63) is 42.4 Å². The molecule has 1 saturated heterocycles. The first-order valence-electron chi connectivity index (χ1n) is 9.24. The molecule has 0 aliphatic carbocycles. The lowest BCUT2D eigenvalue weighted by molar-refractivity contribution is -0.125. The molecule has 2 aromatic rings. The molecule has 1 aliphatic heterocycles. The van der Waals surface area contributed by atoms with Gasteiger partial charge in [0, 0.05) is 37.2 Å². The fraction of sp³-hybridized carbons (Fsp3) is 0.500. The third-order valence-corrected chi connectivity index (χ3v) is 6.69. The molecule has 9 heteroatoms. The zero-order valence-electron chi connectivity index (χ0n) is 15.4. The Morgan fingerprint density at radius 3 is 2.89 bits per heavy atom. The van der Waals surface area contributed by atoms with Gasteiger partial charge in [0.15, 0.2) is 5.82 Å². The van der Waals surface area contributed by atoms with Crippen LogP contribution in [0.25, 0.3) is 5.82 Å². The number of nitrogens with zero attached hydrogens (tertiary/aromatic N) is 4. The Kier molecular flexibility index (Phi) is 6.22. The van der Waals surface area contributed by atoms with E-state index in [0.717, 1.165) is 18.4 Å². The summed E-state index contributed by atoms with van der Waals surface area (Å²) in [6, 6.07) is 4.83. The molecule has 1 atom stereocenters. The van der Waals surface area contributed by atoms with Crippen molar-refractivity contribution in [2.24, 2.45) is 0 Å². The van der Waals surface area contributed by atoms with Crippen LogP contribution < -0.4 is 5.32 Å². The number of hydrogen-bond acceptors (Lipinski definition) is 5. The standard InChI is InChI=1S/C18H25N5O3S/c1-2-13-27(25,26)23-12-4-3-8-16(23)18(24)20-14-15-7-5-9-19-17(15)22-11-6-10-21-22/h5-7,9-11,16H,2-4,8,12-14H2,1H3,(H,20,24). The number of carbonyl (C=O) groups excluding carboxylic acids is 1. The number of nitrogens with one attached hydrogen (secondary N) is 1. The first-order chi connectivity index (χ1) is 13.0. The first kappa shape index (κ1) is 19.5. The second-order valence-corrected chi connectivity index (χ2v) is 8.63. The van der Waals surface area contributed by atoms with Crippen LogP contribution in [0.4, 0.5) is 0 Å². The topological polar surface area (TPSA) is 97.2 Å². The van der Waals surface area contributed by atoms with Gasteiger partial charge in [-0.05, 0) is 31.4 Å². The molecule has 27 heavy (non-hydrogen) atoms. The summed E-state index contributed by atoms with van der Waals surface area (Å²) in [6.07, 6.45) is 7.84. The summed E-state index contributed by atoms with van der Waals surface area (Å²) < 4.78 is 28.0. The highest BCUT2D eigenvalue weighted by Gasteiger charge is 2.36. The van der Waals surface area contributed by atoms with E-state index in [0.29, 0.717) is 25.2 Å². The van der Waals surface area contributed by atoms with E-state index in [1.54, 1.807) is 35.4 Å². The monoisotopic (exact) mass is 391 g/mol. The molecule has 8 nitrogen and oxygen atoms in total. The maximum Gasteiger partial charge on any atom is 0.238 e. The van der Waals surface area contributed by atoms with Gasteiger partial charge in [-0.25, -0.2) is 18.1 Å². The van der Waals surface area contributed by atoms with Gasteiger partial charge in [-0.1, -0.05) is 19.4 Å². The van der Waals surface area contributed by atoms with Crippen LogP contribution in [-0.4, -0.2) is 51.7 Å². The average Bonchev–Trinajstić information content (AvgIpc) is 3.21. The molecule has 1 amide bonds. The van der Waals surface area contributed by atoms with Crippen LogP contribution in [-0.2, 0) is 21.4 Å². The Hall–Kier alpha value is -2.26. The molecule has 0 bridgehead atoms. The minimum atomic E-state index is -3.41. The van der Waals surface area contributed by atoms with Gasteiger partial charge >= 0.3 is 0 Å². The van der Waals surface area contributed by atoms with Gasteiger partial charge in [0.1, 0.15) is 6.04 Å². The molecule has 146 valence electrons. The third-order valence-electron chi connectivity index (χ3n) is 4.62. The van der Waals surface area contributed by atoms with E-state index in [-0.39, 0.29) is 18.2 Å². The van der Waals surface area contributed by atoms with E-state index in [1.165, 1.54) is 4.31 Å². The molecular weight excluding hydrogens is 366 g/mol. The summed E-state index contributed by atoms with van der Waals surface area (Å²) in [6.45, 7) is 2.50. The quantitative estimate of drug-likeness (QED) is 0.771. The van der Waals surface area contributed by atoms with Gasteiger partial charge in [0.2, 0.25) is 15.9 Å². The third kappa shape index (κ3) is 4.54. The predicted octanol–water partition coefficient (Wildman–Crippen LogP) is 1.48. The van der Waals surface area contributed by atoms with Crippen LogP contribution in [0.15, 0.2) is 36.8 Å². The fourth-order valence-corrected chi connectivity index (χ4v) is 5.09. The van der Waals surface area contributed by atoms with Gasteiger partial charge in [-0.3, -0.25) is 4.79 Å². The number of sulfonamides is 1. The number of pyridine rings is 1. The molecule has 0 radical (unpaired) electrons. The number of piperidine rings is 1. The van der Waals surface area contributed by atoms with Gasteiger partial charge in [-0.15, -0.1) is 0 Å². The molecular formula is C18H25N5O3S. The highest BCUT2D eigenvalue weighted by Crippen LogP contribution is 2.22. The molecule has 1 fully saturated rings. The molecule has 2 aromatic heterocycles. The van der Waals surface area contributed by atoms with Gasteiger partial charge in [0.05, 0.1) is 5.75 Å². The summed E-state index contributed by atoms with van der Waals surface area (Å²) in [5, 5.41) is 7.07. The zero-order chi connectivity index (χ0) is 19.3. The van der Waals surface area contributed by atoms with Crippen molar-refractivity contribution in [1.29, 1.82) is 0 Å². The summed E-state index contributed by atoms with van der Waals surface area (Å²) in [4.78, 5) is 17.1. The minimum absolute atomic E-state index is 0.0723. The highest BCUT2D eigenvalue weighted by atomic mass is 32.2. The largest absolute Gasteiger partial charge is 0.350 e. The number of amides is 1. The van der Waals surface area contributed by atoms with Gasteiger partial charge < -0.3 is 5.32 Å². The maximum absolute atomic E-state index is 12.8. The zero-order valence-corrected chi connectivity index (χ0v) is 16.2. The second kappa shape index (κ2) is 8.62. The van der Waals surface area contributed by atoms with Crippen LogP contribution >= 0.6 is 0 Å². The summed E-state index contributed by atoms with van der Waals surface area (Å²) in [5.41, 5.74) is 0.813. The van der Waals surface area contributed by atoms with Crippen molar-refractivity contribution in [3.63, 3.8) is 0 Å². The van der Waals surface area contributed by atoms with Crippen molar-refractivity contribution in [3.8, 4) is 5.82 Å². The van der Waals surface area contributed by atoms with Crippen LogP contribution in [0.3, 0.4) is 0 Å².